The smallest absolute Gasteiger partial charge is 0.257 e. The van der Waals surface area contributed by atoms with E-state index in [1.165, 1.54) is 5.56 Å². The summed E-state index contributed by atoms with van der Waals surface area (Å²) in [6, 6.07) is 11.4. The summed E-state index contributed by atoms with van der Waals surface area (Å²) >= 11 is 0. The predicted octanol–water partition coefficient (Wildman–Crippen LogP) is 3.20. The molecule has 1 amide bonds. The molecule has 0 aliphatic rings. The molecule has 0 radical (unpaired) electrons. The molecule has 0 bridgehead atoms. The van der Waals surface area contributed by atoms with Gasteiger partial charge in [-0.25, -0.2) is 0 Å². The van der Waals surface area contributed by atoms with Crippen molar-refractivity contribution in [1.29, 1.82) is 0 Å². The molecule has 1 N–H and O–H groups in total. The third-order valence-corrected chi connectivity index (χ3v) is 2.87. The number of carbonyl (C=O) groups excluding carboxylic acids is 1. The maximum atomic E-state index is 12.0. The lowest BCUT2D eigenvalue weighted by Crippen LogP contribution is -2.13. The third-order valence-electron chi connectivity index (χ3n) is 2.87. The van der Waals surface area contributed by atoms with Crippen molar-refractivity contribution in [1.82, 2.24) is 4.98 Å². The van der Waals surface area contributed by atoms with Crippen molar-refractivity contribution in [2.24, 2.45) is 0 Å². The van der Waals surface area contributed by atoms with E-state index in [0.29, 0.717) is 5.56 Å². The van der Waals surface area contributed by atoms with Crippen LogP contribution in [0.3, 0.4) is 0 Å². The number of aromatic nitrogens is 1. The molecule has 1 aromatic heterocycles. The van der Waals surface area contributed by atoms with Gasteiger partial charge in [0.1, 0.15) is 0 Å². The van der Waals surface area contributed by atoms with E-state index in [0.717, 1.165) is 17.8 Å². The summed E-state index contributed by atoms with van der Waals surface area (Å²) in [5, 5.41) is 2.87. The molecule has 1 aromatic carbocycles. The average Bonchev–Trinajstić information content (AvgIpc) is 2.40. The van der Waals surface area contributed by atoms with Gasteiger partial charge in [-0.3, -0.25) is 9.78 Å². The zero-order valence-corrected chi connectivity index (χ0v) is 10.6. The Morgan fingerprint density at radius 2 is 1.94 bits per heavy atom. The highest BCUT2D eigenvalue weighted by atomic mass is 16.1. The minimum absolute atomic E-state index is 0.121. The number of nitrogens with one attached hydrogen (secondary N) is 1. The van der Waals surface area contributed by atoms with Crippen LogP contribution >= 0.6 is 0 Å². The number of amides is 1. The Kier molecular flexibility index (Phi) is 3.72. The van der Waals surface area contributed by atoms with Crippen LogP contribution in [0.4, 0.5) is 5.69 Å². The van der Waals surface area contributed by atoms with Gasteiger partial charge in [-0.05, 0) is 43.2 Å². The van der Waals surface area contributed by atoms with Crippen LogP contribution < -0.4 is 5.32 Å². The number of carbonyl (C=O) groups is 1. The van der Waals surface area contributed by atoms with Gasteiger partial charge < -0.3 is 5.32 Å². The van der Waals surface area contributed by atoms with Crippen LogP contribution in [0.5, 0.6) is 0 Å². The maximum absolute atomic E-state index is 12.0. The topological polar surface area (TPSA) is 42.0 Å². The average molecular weight is 240 g/mol. The molecule has 2 rings (SSSR count). The number of benzene rings is 1. The lowest BCUT2D eigenvalue weighted by atomic mass is 10.1. The Morgan fingerprint density at radius 1 is 1.22 bits per heavy atom. The minimum Gasteiger partial charge on any atom is -0.322 e. The molecule has 0 aliphatic heterocycles. The van der Waals surface area contributed by atoms with Crippen LogP contribution in [0.15, 0.2) is 42.6 Å². The Bertz CT molecular complexity index is 547. The van der Waals surface area contributed by atoms with Crippen molar-refractivity contribution in [3.63, 3.8) is 0 Å². The molecule has 0 unspecified atom stereocenters. The maximum Gasteiger partial charge on any atom is 0.257 e. The fraction of sp³-hybridized carbons (Fsp3) is 0.200. The van der Waals surface area contributed by atoms with Gasteiger partial charge in [0.25, 0.3) is 5.91 Å². The van der Waals surface area contributed by atoms with Crippen LogP contribution in [0, 0.1) is 6.92 Å². The highest BCUT2D eigenvalue weighted by molar-refractivity contribution is 6.04. The SMILES string of the molecule is CCc1ccc(NC(=O)c2cccnc2C)cc1. The van der Waals surface area contributed by atoms with E-state index in [2.05, 4.69) is 17.2 Å². The monoisotopic (exact) mass is 240 g/mol. The quantitative estimate of drug-likeness (QED) is 0.895. The van der Waals surface area contributed by atoms with E-state index in [1.54, 1.807) is 18.3 Å². The lowest BCUT2D eigenvalue weighted by Gasteiger charge is -2.07. The Balaban J connectivity index is 2.14. The molecule has 0 spiro atoms. The van der Waals surface area contributed by atoms with E-state index in [1.807, 2.05) is 31.2 Å². The van der Waals surface area contributed by atoms with Gasteiger partial charge in [-0.1, -0.05) is 19.1 Å². The largest absolute Gasteiger partial charge is 0.322 e. The van der Waals surface area contributed by atoms with E-state index in [4.69, 9.17) is 0 Å². The summed E-state index contributed by atoms with van der Waals surface area (Å²) < 4.78 is 0. The molecule has 0 saturated carbocycles. The fourth-order valence-electron chi connectivity index (χ4n) is 1.75. The number of hydrogen-bond donors (Lipinski definition) is 1. The number of anilines is 1. The van der Waals surface area contributed by atoms with Crippen molar-refractivity contribution in [3.05, 3.63) is 59.4 Å². The zero-order valence-electron chi connectivity index (χ0n) is 10.6. The van der Waals surface area contributed by atoms with Crippen molar-refractivity contribution in [2.45, 2.75) is 20.3 Å². The van der Waals surface area contributed by atoms with Crippen molar-refractivity contribution in [3.8, 4) is 0 Å². The molecule has 2 aromatic rings. The molecule has 3 heteroatoms. The molecular weight excluding hydrogens is 224 g/mol. The number of rotatable bonds is 3. The van der Waals surface area contributed by atoms with E-state index in [-0.39, 0.29) is 5.91 Å². The van der Waals surface area contributed by atoms with Crippen molar-refractivity contribution in [2.75, 3.05) is 5.32 Å². The molecular formula is C15H16N2O. The second-order valence-electron chi connectivity index (χ2n) is 4.14. The van der Waals surface area contributed by atoms with Crippen molar-refractivity contribution >= 4 is 11.6 Å². The first-order valence-electron chi connectivity index (χ1n) is 6.02. The first kappa shape index (κ1) is 12.3. The van der Waals surface area contributed by atoms with Gasteiger partial charge in [0.2, 0.25) is 0 Å². The Morgan fingerprint density at radius 3 is 2.56 bits per heavy atom. The van der Waals surface area contributed by atoms with Crippen LogP contribution in [0.1, 0.15) is 28.5 Å². The zero-order chi connectivity index (χ0) is 13.0. The standard InChI is InChI=1S/C15H16N2O/c1-3-12-6-8-13(9-7-12)17-15(18)14-5-4-10-16-11(14)2/h4-10H,3H2,1-2H3,(H,17,18). The summed E-state index contributed by atoms with van der Waals surface area (Å²) in [4.78, 5) is 16.1. The van der Waals surface area contributed by atoms with Crippen LogP contribution in [0.25, 0.3) is 0 Å². The van der Waals surface area contributed by atoms with Crippen molar-refractivity contribution < 1.29 is 4.79 Å². The first-order chi connectivity index (χ1) is 8.70. The van der Waals surface area contributed by atoms with E-state index >= 15 is 0 Å². The van der Waals surface area contributed by atoms with E-state index in [9.17, 15) is 4.79 Å². The molecule has 0 atom stereocenters. The van der Waals surface area contributed by atoms with Gasteiger partial charge in [0.05, 0.1) is 5.56 Å². The molecule has 0 fully saturated rings. The van der Waals surface area contributed by atoms with Crippen LogP contribution in [0.2, 0.25) is 0 Å². The third kappa shape index (κ3) is 2.74. The normalized spacial score (nSPS) is 10.1. The van der Waals surface area contributed by atoms with Gasteiger partial charge in [-0.15, -0.1) is 0 Å². The highest BCUT2D eigenvalue weighted by Crippen LogP contribution is 2.12. The predicted molar refractivity (Wildman–Crippen MR) is 72.7 cm³/mol. The fourth-order valence-corrected chi connectivity index (χ4v) is 1.75. The summed E-state index contributed by atoms with van der Waals surface area (Å²) in [6.07, 6.45) is 2.68. The van der Waals surface area contributed by atoms with Gasteiger partial charge in [0.15, 0.2) is 0 Å². The lowest BCUT2D eigenvalue weighted by molar-refractivity contribution is 0.102. The number of pyridine rings is 1. The van der Waals surface area contributed by atoms with Crippen LogP contribution in [-0.2, 0) is 6.42 Å². The molecule has 0 aliphatic carbocycles. The van der Waals surface area contributed by atoms with Gasteiger partial charge >= 0.3 is 0 Å². The highest BCUT2D eigenvalue weighted by Gasteiger charge is 2.08. The second-order valence-corrected chi connectivity index (χ2v) is 4.14. The molecule has 0 saturated heterocycles. The number of hydrogen-bond acceptors (Lipinski definition) is 2. The van der Waals surface area contributed by atoms with Gasteiger partial charge in [0, 0.05) is 17.6 Å². The number of aryl methyl sites for hydroxylation is 2. The second kappa shape index (κ2) is 5.45. The number of nitrogens with zero attached hydrogens (tertiary/aromatic N) is 1. The summed E-state index contributed by atoms with van der Waals surface area (Å²) in [7, 11) is 0. The Hall–Kier alpha value is -2.16. The summed E-state index contributed by atoms with van der Waals surface area (Å²) in [5.74, 6) is -0.121. The molecule has 18 heavy (non-hydrogen) atoms. The summed E-state index contributed by atoms with van der Waals surface area (Å²) in [5.41, 5.74) is 3.41. The summed E-state index contributed by atoms with van der Waals surface area (Å²) in [6.45, 7) is 3.93. The molecule has 1 heterocycles. The minimum atomic E-state index is -0.121. The Labute approximate surface area is 107 Å². The van der Waals surface area contributed by atoms with Crippen LogP contribution in [-0.4, -0.2) is 10.9 Å². The molecule has 92 valence electrons. The first-order valence-corrected chi connectivity index (χ1v) is 6.02. The van der Waals surface area contributed by atoms with Gasteiger partial charge in [-0.2, -0.15) is 0 Å². The molecule has 3 nitrogen and oxygen atoms in total. The van der Waals surface area contributed by atoms with E-state index < -0.39 is 0 Å².